The van der Waals surface area contributed by atoms with E-state index in [1.165, 1.54) is 29.5 Å². The van der Waals surface area contributed by atoms with Crippen LogP contribution in [0.1, 0.15) is 49.5 Å². The van der Waals surface area contributed by atoms with E-state index in [1.54, 1.807) is 0 Å². The maximum absolute atomic E-state index is 6.31. The molecular formula is C20H26O. The second-order valence-electron chi connectivity index (χ2n) is 5.72. The van der Waals surface area contributed by atoms with E-state index >= 15 is 0 Å². The zero-order valence-corrected chi connectivity index (χ0v) is 13.4. The molecule has 1 nitrogen and oxygen atoms in total. The highest BCUT2D eigenvalue weighted by atomic mass is 16.5. The van der Waals surface area contributed by atoms with Gasteiger partial charge in [-0.05, 0) is 24.0 Å². The normalized spacial score (nSPS) is 12.6. The minimum Gasteiger partial charge on any atom is -0.369 e. The predicted octanol–water partition coefficient (Wildman–Crippen LogP) is 5.54. The molecule has 0 fully saturated rings. The molecule has 0 radical (unpaired) electrons. The first kappa shape index (κ1) is 15.8. The molecule has 0 spiro atoms. The Bertz CT molecular complexity index is 529. The van der Waals surface area contributed by atoms with E-state index < -0.39 is 0 Å². The Morgan fingerprint density at radius 1 is 0.857 bits per heavy atom. The van der Waals surface area contributed by atoms with Gasteiger partial charge in [0.15, 0.2) is 0 Å². The van der Waals surface area contributed by atoms with Gasteiger partial charge in [-0.3, -0.25) is 0 Å². The summed E-state index contributed by atoms with van der Waals surface area (Å²) >= 11 is 0. The van der Waals surface area contributed by atoms with Crippen molar-refractivity contribution < 1.29 is 4.74 Å². The van der Waals surface area contributed by atoms with E-state index in [-0.39, 0.29) is 6.10 Å². The molecule has 1 atom stereocenters. The lowest BCUT2D eigenvalue weighted by atomic mass is 9.99. The minimum absolute atomic E-state index is 0.0340. The number of aryl methyl sites for hydroxylation is 1. The van der Waals surface area contributed by atoms with Gasteiger partial charge in [0.25, 0.3) is 0 Å². The van der Waals surface area contributed by atoms with E-state index in [0.717, 1.165) is 6.61 Å². The molecule has 21 heavy (non-hydrogen) atoms. The van der Waals surface area contributed by atoms with Crippen molar-refractivity contribution in [2.75, 3.05) is 6.61 Å². The lowest BCUT2D eigenvalue weighted by Crippen LogP contribution is -2.13. The lowest BCUT2D eigenvalue weighted by Gasteiger charge is -2.22. The summed E-state index contributed by atoms with van der Waals surface area (Å²) in [5.74, 6) is 0.640. The molecule has 112 valence electrons. The highest BCUT2D eigenvalue weighted by Gasteiger charge is 2.16. The fourth-order valence-electron chi connectivity index (χ4n) is 2.60. The quantitative estimate of drug-likeness (QED) is 0.648. The molecule has 2 aromatic carbocycles. The van der Waals surface area contributed by atoms with Crippen LogP contribution in [0, 0.1) is 12.8 Å². The maximum Gasteiger partial charge on any atom is 0.108 e. The first-order valence-electron chi connectivity index (χ1n) is 7.97. The smallest absolute Gasteiger partial charge is 0.108 e. The Labute approximate surface area is 129 Å². The van der Waals surface area contributed by atoms with Gasteiger partial charge in [-0.25, -0.2) is 0 Å². The molecule has 0 aromatic heterocycles. The van der Waals surface area contributed by atoms with Gasteiger partial charge in [-0.1, -0.05) is 86.8 Å². The van der Waals surface area contributed by atoms with E-state index in [4.69, 9.17) is 4.74 Å². The topological polar surface area (TPSA) is 9.23 Å². The van der Waals surface area contributed by atoms with E-state index in [1.807, 2.05) is 0 Å². The van der Waals surface area contributed by atoms with Crippen LogP contribution in [0.4, 0.5) is 0 Å². The van der Waals surface area contributed by atoms with Crippen LogP contribution in [-0.2, 0) is 4.74 Å². The Balaban J connectivity index is 2.23. The summed E-state index contributed by atoms with van der Waals surface area (Å²) in [7, 11) is 0. The number of benzene rings is 2. The summed E-state index contributed by atoms with van der Waals surface area (Å²) in [6, 6.07) is 19.2. The predicted molar refractivity (Wildman–Crippen MR) is 89.5 cm³/mol. The second kappa shape index (κ2) is 7.99. The van der Waals surface area contributed by atoms with Crippen LogP contribution in [0.2, 0.25) is 0 Å². The third-order valence-corrected chi connectivity index (χ3v) is 4.10. The number of rotatable bonds is 7. The average molecular weight is 282 g/mol. The Hall–Kier alpha value is -1.60. The van der Waals surface area contributed by atoms with Crippen LogP contribution < -0.4 is 0 Å². The molecule has 0 N–H and O–H groups in total. The van der Waals surface area contributed by atoms with Crippen molar-refractivity contribution in [1.29, 1.82) is 0 Å². The molecule has 0 saturated heterocycles. The van der Waals surface area contributed by atoms with E-state index in [9.17, 15) is 0 Å². The van der Waals surface area contributed by atoms with Gasteiger partial charge < -0.3 is 4.74 Å². The van der Waals surface area contributed by atoms with Gasteiger partial charge in [0.2, 0.25) is 0 Å². The second-order valence-corrected chi connectivity index (χ2v) is 5.72. The highest BCUT2D eigenvalue weighted by molar-refractivity contribution is 5.32. The Morgan fingerprint density at radius 3 is 2.14 bits per heavy atom. The Morgan fingerprint density at radius 2 is 1.52 bits per heavy atom. The zero-order valence-electron chi connectivity index (χ0n) is 13.4. The van der Waals surface area contributed by atoms with Crippen LogP contribution in [0.25, 0.3) is 0 Å². The molecule has 2 rings (SSSR count). The molecule has 1 unspecified atom stereocenters. The summed E-state index contributed by atoms with van der Waals surface area (Å²) in [5, 5.41) is 0. The third kappa shape index (κ3) is 4.44. The molecule has 2 aromatic rings. The first-order valence-corrected chi connectivity index (χ1v) is 7.97. The van der Waals surface area contributed by atoms with Crippen LogP contribution in [0.3, 0.4) is 0 Å². The van der Waals surface area contributed by atoms with E-state index in [0.29, 0.717) is 5.92 Å². The van der Waals surface area contributed by atoms with Crippen molar-refractivity contribution in [1.82, 2.24) is 0 Å². The summed E-state index contributed by atoms with van der Waals surface area (Å²) in [6.45, 7) is 7.43. The van der Waals surface area contributed by atoms with Gasteiger partial charge in [-0.15, -0.1) is 0 Å². The number of ether oxygens (including phenoxy) is 1. The van der Waals surface area contributed by atoms with Gasteiger partial charge >= 0.3 is 0 Å². The Kier molecular flexibility index (Phi) is 6.01. The van der Waals surface area contributed by atoms with Gasteiger partial charge in [0, 0.05) is 0 Å². The molecule has 0 saturated carbocycles. The molecule has 0 heterocycles. The molecule has 0 aliphatic rings. The van der Waals surface area contributed by atoms with E-state index in [2.05, 4.69) is 75.4 Å². The fraction of sp³-hybridized carbons (Fsp3) is 0.400. The summed E-state index contributed by atoms with van der Waals surface area (Å²) < 4.78 is 6.31. The summed E-state index contributed by atoms with van der Waals surface area (Å²) in [5.41, 5.74) is 3.75. The van der Waals surface area contributed by atoms with Gasteiger partial charge in [-0.2, -0.15) is 0 Å². The van der Waals surface area contributed by atoms with Crippen LogP contribution in [0.15, 0.2) is 54.6 Å². The monoisotopic (exact) mass is 282 g/mol. The van der Waals surface area contributed by atoms with Crippen molar-refractivity contribution in [3.63, 3.8) is 0 Å². The standard InChI is InChI=1S/C20H26O/c1-4-17(5-2)15-21-20(18-11-7-6-8-12-18)19-13-9-10-16(3)14-19/h6-14,17,20H,4-5,15H2,1-3H3. The van der Waals surface area contributed by atoms with Crippen molar-refractivity contribution in [3.05, 3.63) is 71.3 Å². The minimum atomic E-state index is 0.0340. The first-order chi connectivity index (χ1) is 10.2. The van der Waals surface area contributed by atoms with Crippen LogP contribution in [0.5, 0.6) is 0 Å². The van der Waals surface area contributed by atoms with Crippen LogP contribution in [-0.4, -0.2) is 6.61 Å². The van der Waals surface area contributed by atoms with Crippen molar-refractivity contribution in [2.45, 2.75) is 39.7 Å². The van der Waals surface area contributed by atoms with Crippen LogP contribution >= 0.6 is 0 Å². The third-order valence-electron chi connectivity index (χ3n) is 4.10. The molecule has 0 aliphatic heterocycles. The molecule has 0 bridgehead atoms. The average Bonchev–Trinajstić information content (AvgIpc) is 2.52. The maximum atomic E-state index is 6.31. The largest absolute Gasteiger partial charge is 0.369 e. The molecule has 1 heteroatoms. The summed E-state index contributed by atoms with van der Waals surface area (Å²) in [4.78, 5) is 0. The molecule has 0 amide bonds. The van der Waals surface area contributed by atoms with Crippen molar-refractivity contribution >= 4 is 0 Å². The number of hydrogen-bond donors (Lipinski definition) is 0. The zero-order chi connectivity index (χ0) is 15.1. The van der Waals surface area contributed by atoms with Gasteiger partial charge in [0.05, 0.1) is 6.61 Å². The molecule has 0 aliphatic carbocycles. The number of hydrogen-bond acceptors (Lipinski definition) is 1. The highest BCUT2D eigenvalue weighted by Crippen LogP contribution is 2.27. The fourth-order valence-corrected chi connectivity index (χ4v) is 2.60. The summed E-state index contributed by atoms with van der Waals surface area (Å²) in [6.07, 6.45) is 2.38. The van der Waals surface area contributed by atoms with Crippen molar-refractivity contribution in [2.24, 2.45) is 5.92 Å². The van der Waals surface area contributed by atoms with Crippen molar-refractivity contribution in [3.8, 4) is 0 Å². The molecular weight excluding hydrogens is 256 g/mol. The lowest BCUT2D eigenvalue weighted by molar-refractivity contribution is 0.0498. The SMILES string of the molecule is CCC(CC)COC(c1ccccc1)c1cccc(C)c1. The van der Waals surface area contributed by atoms with Gasteiger partial charge in [0.1, 0.15) is 6.10 Å².